The number of aryl methyl sites for hydroxylation is 1. The number of anilines is 1. The summed E-state index contributed by atoms with van der Waals surface area (Å²) in [4.78, 5) is 56.5. The van der Waals surface area contributed by atoms with Crippen molar-refractivity contribution in [1.82, 2.24) is 34.0 Å². The maximum atomic E-state index is 14.1. The van der Waals surface area contributed by atoms with Crippen LogP contribution in [0, 0.1) is 11.8 Å². The number of alkyl carbamates (subject to hydrolysis) is 1. The number of carbonyl (C=O) groups excluding carboxylic acids is 1. The fourth-order valence-electron chi connectivity index (χ4n) is 5.60. The van der Waals surface area contributed by atoms with Crippen LogP contribution in [-0.2, 0) is 24.9 Å². The predicted molar refractivity (Wildman–Crippen MR) is 170 cm³/mol. The second-order valence-corrected chi connectivity index (χ2v) is 12.5. The highest BCUT2D eigenvalue weighted by Crippen LogP contribution is 2.25. The molecule has 1 aliphatic rings. The van der Waals surface area contributed by atoms with Crippen molar-refractivity contribution in [2.24, 2.45) is 7.05 Å². The number of piperidine rings is 1. The van der Waals surface area contributed by atoms with E-state index in [4.69, 9.17) is 19.7 Å². The van der Waals surface area contributed by atoms with Gasteiger partial charge in [0.2, 0.25) is 5.95 Å². The van der Waals surface area contributed by atoms with Crippen LogP contribution in [0.15, 0.2) is 33.9 Å². The molecule has 1 N–H and O–H groups in total. The SMILES string of the molecule is CC#CCn1c(N2CCCC(NC(=O)OC(C)(C)C)C2)nc2c1c(=O)n(Cc1nc(C(C)C)c3ccccc3n1)c(=O)n2C. The van der Waals surface area contributed by atoms with Crippen molar-refractivity contribution in [3.05, 3.63) is 56.6 Å². The number of aromatic nitrogens is 6. The second kappa shape index (κ2) is 12.1. The molecular formula is C32H40N8O4. The van der Waals surface area contributed by atoms with Crippen LogP contribution >= 0.6 is 0 Å². The molecule has 1 amide bonds. The molecule has 1 saturated heterocycles. The van der Waals surface area contributed by atoms with Gasteiger partial charge in [-0.1, -0.05) is 38.0 Å². The summed E-state index contributed by atoms with van der Waals surface area (Å²) in [6, 6.07) is 7.56. The molecule has 1 fully saturated rings. The quantitative estimate of drug-likeness (QED) is 0.333. The molecule has 12 nitrogen and oxygen atoms in total. The molecule has 44 heavy (non-hydrogen) atoms. The first-order valence-electron chi connectivity index (χ1n) is 15.0. The summed E-state index contributed by atoms with van der Waals surface area (Å²) in [6.45, 7) is 12.6. The van der Waals surface area contributed by atoms with Gasteiger partial charge in [0.25, 0.3) is 5.56 Å². The van der Waals surface area contributed by atoms with Crippen LogP contribution in [0.5, 0.6) is 0 Å². The number of rotatable bonds is 6. The Morgan fingerprint density at radius 2 is 1.89 bits per heavy atom. The van der Waals surface area contributed by atoms with Crippen LogP contribution in [0.1, 0.15) is 71.8 Å². The topological polar surface area (TPSA) is 129 Å². The van der Waals surface area contributed by atoms with E-state index in [2.05, 4.69) is 31.0 Å². The first-order valence-corrected chi connectivity index (χ1v) is 15.0. The third kappa shape index (κ3) is 6.18. The number of nitrogens with zero attached hydrogens (tertiary/aromatic N) is 7. The van der Waals surface area contributed by atoms with E-state index >= 15 is 0 Å². The average molecular weight is 601 g/mol. The van der Waals surface area contributed by atoms with E-state index in [1.165, 1.54) is 9.13 Å². The second-order valence-electron chi connectivity index (χ2n) is 12.5. The van der Waals surface area contributed by atoms with E-state index in [-0.39, 0.29) is 36.2 Å². The summed E-state index contributed by atoms with van der Waals surface area (Å²) in [7, 11) is 1.61. The lowest BCUT2D eigenvalue weighted by Gasteiger charge is -2.34. The van der Waals surface area contributed by atoms with Gasteiger partial charge in [0.1, 0.15) is 11.4 Å². The number of fused-ring (bicyclic) bond motifs is 2. The van der Waals surface area contributed by atoms with Gasteiger partial charge in [0, 0.05) is 31.6 Å². The van der Waals surface area contributed by atoms with Crippen molar-refractivity contribution in [3.63, 3.8) is 0 Å². The maximum Gasteiger partial charge on any atom is 0.407 e. The van der Waals surface area contributed by atoms with Gasteiger partial charge in [-0.3, -0.25) is 18.5 Å². The molecule has 0 saturated carbocycles. The van der Waals surface area contributed by atoms with Gasteiger partial charge in [-0.25, -0.2) is 19.6 Å². The van der Waals surface area contributed by atoms with Crippen LogP contribution in [0.2, 0.25) is 0 Å². The molecule has 4 aromatic rings. The standard InChI is InChI=1S/C32H40N8O4/c1-8-9-17-39-26-27(36-29(39)38-16-12-13-21(18-38)33-30(42)44-32(4,5)6)37(7)31(43)40(28(26)41)19-24-34-23-15-11-10-14-22(23)25(35-24)20(2)3/h10-11,14-15,20-21H,12-13,16-19H2,1-7H3,(H,33,42). The normalized spacial score (nSPS) is 15.5. The molecule has 232 valence electrons. The first-order chi connectivity index (χ1) is 20.9. The highest BCUT2D eigenvalue weighted by Gasteiger charge is 2.29. The summed E-state index contributed by atoms with van der Waals surface area (Å²) in [5.41, 5.74) is 0.573. The van der Waals surface area contributed by atoms with Crippen LogP contribution in [0.25, 0.3) is 22.1 Å². The molecule has 3 aromatic heterocycles. The van der Waals surface area contributed by atoms with Crippen molar-refractivity contribution < 1.29 is 9.53 Å². The molecule has 12 heteroatoms. The predicted octanol–water partition coefficient (Wildman–Crippen LogP) is 3.53. The Morgan fingerprint density at radius 3 is 2.59 bits per heavy atom. The number of carbonyl (C=O) groups is 1. The molecule has 0 bridgehead atoms. The molecular weight excluding hydrogens is 560 g/mol. The number of imidazole rings is 1. The number of ether oxygens (including phenoxy) is 1. The fraction of sp³-hybridized carbons (Fsp3) is 0.500. The lowest BCUT2D eigenvalue weighted by atomic mass is 10.0. The van der Waals surface area contributed by atoms with Gasteiger partial charge in [0.15, 0.2) is 11.2 Å². The van der Waals surface area contributed by atoms with Crippen molar-refractivity contribution in [3.8, 4) is 11.8 Å². The van der Waals surface area contributed by atoms with Crippen molar-refractivity contribution >= 4 is 34.1 Å². The van der Waals surface area contributed by atoms with Gasteiger partial charge in [-0.2, -0.15) is 4.98 Å². The Kier molecular flexibility index (Phi) is 8.50. The van der Waals surface area contributed by atoms with E-state index in [1.54, 1.807) is 18.5 Å². The van der Waals surface area contributed by atoms with Crippen LogP contribution in [-0.4, -0.2) is 59.5 Å². The van der Waals surface area contributed by atoms with E-state index in [0.29, 0.717) is 24.9 Å². The summed E-state index contributed by atoms with van der Waals surface area (Å²) in [5.74, 6) is 6.99. The Hall–Kier alpha value is -4.66. The van der Waals surface area contributed by atoms with Gasteiger partial charge in [-0.15, -0.1) is 5.92 Å². The smallest absolute Gasteiger partial charge is 0.407 e. The van der Waals surface area contributed by atoms with E-state index in [0.717, 1.165) is 29.4 Å². The zero-order valence-corrected chi connectivity index (χ0v) is 26.5. The van der Waals surface area contributed by atoms with Gasteiger partial charge >= 0.3 is 11.8 Å². The van der Waals surface area contributed by atoms with Crippen molar-refractivity contribution in [2.75, 3.05) is 18.0 Å². The highest BCUT2D eigenvalue weighted by atomic mass is 16.6. The minimum atomic E-state index is -0.607. The Bertz CT molecular complexity index is 1900. The van der Waals surface area contributed by atoms with Gasteiger partial charge in [0.05, 0.1) is 24.3 Å². The van der Waals surface area contributed by atoms with E-state index in [9.17, 15) is 14.4 Å². The lowest BCUT2D eigenvalue weighted by molar-refractivity contribution is 0.0499. The molecule has 1 aliphatic heterocycles. The van der Waals surface area contributed by atoms with Crippen LogP contribution in [0.4, 0.5) is 10.7 Å². The van der Waals surface area contributed by atoms with Gasteiger partial charge in [-0.05, 0) is 52.5 Å². The molecule has 1 aromatic carbocycles. The fourth-order valence-corrected chi connectivity index (χ4v) is 5.60. The number of hydrogen-bond acceptors (Lipinski definition) is 8. The Labute approximate surface area is 256 Å². The number of para-hydroxylation sites is 1. The van der Waals surface area contributed by atoms with Crippen molar-refractivity contribution in [2.45, 2.75) is 85.0 Å². The lowest BCUT2D eigenvalue weighted by Crippen LogP contribution is -2.49. The number of nitrogens with one attached hydrogen (secondary N) is 1. The minimum absolute atomic E-state index is 0.0857. The average Bonchev–Trinajstić information content (AvgIpc) is 3.35. The summed E-state index contributed by atoms with van der Waals surface area (Å²) >= 11 is 0. The molecule has 0 radical (unpaired) electrons. The molecule has 1 atom stereocenters. The van der Waals surface area contributed by atoms with Gasteiger partial charge < -0.3 is 15.0 Å². The maximum absolute atomic E-state index is 14.1. The minimum Gasteiger partial charge on any atom is -0.444 e. The Balaban J connectivity index is 1.57. The van der Waals surface area contributed by atoms with Crippen molar-refractivity contribution in [1.29, 1.82) is 0 Å². The summed E-state index contributed by atoms with van der Waals surface area (Å²) < 4.78 is 9.78. The molecule has 0 aliphatic carbocycles. The summed E-state index contributed by atoms with van der Waals surface area (Å²) in [6.07, 6.45) is 1.10. The number of amides is 1. The van der Waals surface area contributed by atoms with E-state index in [1.807, 2.05) is 49.9 Å². The highest BCUT2D eigenvalue weighted by molar-refractivity contribution is 5.81. The zero-order chi connectivity index (χ0) is 31.8. The Morgan fingerprint density at radius 1 is 1.14 bits per heavy atom. The molecule has 1 unspecified atom stereocenters. The third-order valence-corrected chi connectivity index (χ3v) is 7.58. The largest absolute Gasteiger partial charge is 0.444 e. The molecule has 0 spiro atoms. The van der Waals surface area contributed by atoms with Crippen LogP contribution < -0.4 is 21.5 Å². The first kappa shape index (κ1) is 30.8. The molecule has 5 rings (SSSR count). The third-order valence-electron chi connectivity index (χ3n) is 7.58. The van der Waals surface area contributed by atoms with E-state index < -0.39 is 22.9 Å². The summed E-state index contributed by atoms with van der Waals surface area (Å²) in [5, 5.41) is 3.91. The van der Waals surface area contributed by atoms with Crippen LogP contribution in [0.3, 0.4) is 0 Å². The molecule has 4 heterocycles. The number of benzene rings is 1. The number of hydrogen-bond donors (Lipinski definition) is 1. The zero-order valence-electron chi connectivity index (χ0n) is 26.5. The monoisotopic (exact) mass is 600 g/mol.